The van der Waals surface area contributed by atoms with E-state index in [1.54, 1.807) is 91.0 Å². The molecule has 3 atom stereocenters. The van der Waals surface area contributed by atoms with E-state index in [1.165, 1.54) is 14.2 Å². The molecule has 0 radical (unpaired) electrons. The smallest absolute Gasteiger partial charge is 0.331 e. The van der Waals surface area contributed by atoms with Crippen molar-refractivity contribution in [2.75, 3.05) is 14.2 Å². The molecule has 0 aliphatic rings. The molecular formula is C27H29ClN2O7. The Bertz CT molecular complexity index is 1150. The molecule has 37 heavy (non-hydrogen) atoms. The predicted octanol–water partition coefficient (Wildman–Crippen LogP) is 2.48. The van der Waals surface area contributed by atoms with Gasteiger partial charge in [0.15, 0.2) is 17.9 Å². The van der Waals surface area contributed by atoms with E-state index in [-0.39, 0.29) is 12.4 Å². The Balaban J connectivity index is 0.000000396. The topological polar surface area (TPSA) is 145 Å². The fourth-order valence-electron chi connectivity index (χ4n) is 3.07. The summed E-state index contributed by atoms with van der Waals surface area (Å²) < 4.78 is 9.05. The van der Waals surface area contributed by atoms with Crippen LogP contribution in [0, 0.1) is 0 Å². The van der Waals surface area contributed by atoms with Crippen LogP contribution in [-0.4, -0.2) is 55.0 Å². The first-order chi connectivity index (χ1) is 17.3. The molecule has 0 aliphatic heterocycles. The van der Waals surface area contributed by atoms with Crippen molar-refractivity contribution >= 4 is 36.0 Å². The van der Waals surface area contributed by atoms with E-state index in [2.05, 4.69) is 14.8 Å². The van der Waals surface area contributed by atoms with Crippen LogP contribution in [0.5, 0.6) is 0 Å². The lowest BCUT2D eigenvalue weighted by molar-refractivity contribution is -0.146. The van der Waals surface area contributed by atoms with Crippen molar-refractivity contribution in [3.05, 3.63) is 108 Å². The van der Waals surface area contributed by atoms with Crippen molar-refractivity contribution in [3.8, 4) is 0 Å². The van der Waals surface area contributed by atoms with Crippen molar-refractivity contribution in [3.63, 3.8) is 0 Å². The van der Waals surface area contributed by atoms with Crippen molar-refractivity contribution in [1.82, 2.24) is 5.32 Å². The van der Waals surface area contributed by atoms with Crippen LogP contribution in [0.4, 0.5) is 0 Å². The molecule has 0 saturated heterocycles. The quantitative estimate of drug-likeness (QED) is 0.230. The van der Waals surface area contributed by atoms with Crippen LogP contribution in [0.3, 0.4) is 0 Å². The number of carbonyl (C=O) groups excluding carboxylic acids is 4. The zero-order valence-corrected chi connectivity index (χ0v) is 21.1. The van der Waals surface area contributed by atoms with Gasteiger partial charge in [0.1, 0.15) is 6.10 Å². The third-order valence-corrected chi connectivity index (χ3v) is 5.03. The molecule has 1 unspecified atom stereocenters. The van der Waals surface area contributed by atoms with Crippen LogP contribution in [0.25, 0.3) is 0 Å². The number of hydrogen-bond donors (Lipinski definition) is 3. The van der Waals surface area contributed by atoms with E-state index in [9.17, 15) is 24.3 Å². The maximum Gasteiger partial charge on any atom is 0.331 e. The van der Waals surface area contributed by atoms with E-state index in [0.29, 0.717) is 16.7 Å². The second kappa shape index (κ2) is 15.8. The van der Waals surface area contributed by atoms with Gasteiger partial charge in [0.2, 0.25) is 0 Å². The minimum Gasteiger partial charge on any atom is -0.468 e. The average Bonchev–Trinajstić information content (AvgIpc) is 2.95. The number of benzene rings is 3. The Morgan fingerprint density at radius 2 is 1.16 bits per heavy atom. The molecule has 3 aromatic rings. The first-order valence-electron chi connectivity index (χ1n) is 10.9. The van der Waals surface area contributed by atoms with Gasteiger partial charge < -0.3 is 25.6 Å². The summed E-state index contributed by atoms with van der Waals surface area (Å²) in [4.78, 5) is 46.6. The summed E-state index contributed by atoms with van der Waals surface area (Å²) in [7, 11) is 2.40. The van der Waals surface area contributed by atoms with E-state index >= 15 is 0 Å². The lowest BCUT2D eigenvalue weighted by Gasteiger charge is -2.22. The van der Waals surface area contributed by atoms with Gasteiger partial charge in [0, 0.05) is 11.1 Å². The summed E-state index contributed by atoms with van der Waals surface area (Å²) in [5.74, 6) is -2.32. The van der Waals surface area contributed by atoms with Crippen LogP contribution in [-0.2, 0) is 19.1 Å². The van der Waals surface area contributed by atoms with Crippen LogP contribution >= 0.6 is 12.4 Å². The predicted molar refractivity (Wildman–Crippen MR) is 139 cm³/mol. The van der Waals surface area contributed by atoms with Crippen molar-refractivity contribution < 1.29 is 33.8 Å². The fraction of sp³-hybridized carbons (Fsp3) is 0.185. The van der Waals surface area contributed by atoms with Crippen molar-refractivity contribution in [2.45, 2.75) is 18.2 Å². The molecule has 0 aliphatic carbocycles. The summed E-state index contributed by atoms with van der Waals surface area (Å²) in [6.07, 6.45) is -1.19. The Kier molecular flexibility index (Phi) is 13.3. The zero-order chi connectivity index (χ0) is 26.5. The van der Waals surface area contributed by atoms with E-state index in [4.69, 9.17) is 5.73 Å². The summed E-state index contributed by atoms with van der Waals surface area (Å²) in [6.45, 7) is 0. The van der Waals surface area contributed by atoms with Crippen LogP contribution < -0.4 is 11.1 Å². The van der Waals surface area contributed by atoms with Gasteiger partial charge in [-0.15, -0.1) is 12.4 Å². The van der Waals surface area contributed by atoms with Crippen LogP contribution in [0.15, 0.2) is 91.0 Å². The number of halogens is 1. The van der Waals surface area contributed by atoms with Gasteiger partial charge >= 0.3 is 11.9 Å². The fourth-order valence-corrected chi connectivity index (χ4v) is 3.07. The van der Waals surface area contributed by atoms with Gasteiger partial charge in [-0.05, 0) is 17.7 Å². The third kappa shape index (κ3) is 9.16. The van der Waals surface area contributed by atoms with Gasteiger partial charge in [0.25, 0.3) is 5.91 Å². The monoisotopic (exact) mass is 528 g/mol. The number of methoxy groups -OCH3 is 2. The number of aliphatic hydroxyl groups is 1. The summed E-state index contributed by atoms with van der Waals surface area (Å²) in [5.41, 5.74) is 6.71. The molecule has 196 valence electrons. The molecule has 0 saturated carbocycles. The molecule has 4 N–H and O–H groups in total. The minimum atomic E-state index is -1.23. The van der Waals surface area contributed by atoms with Crippen LogP contribution in [0.1, 0.15) is 32.4 Å². The Morgan fingerprint density at radius 3 is 1.62 bits per heavy atom. The molecule has 9 nitrogen and oxygen atoms in total. The number of ketones is 1. The first kappa shape index (κ1) is 31.0. The largest absolute Gasteiger partial charge is 0.468 e. The highest BCUT2D eigenvalue weighted by Crippen LogP contribution is 2.18. The maximum atomic E-state index is 12.2. The molecule has 0 spiro atoms. The number of carbonyl (C=O) groups is 4. The Morgan fingerprint density at radius 1 is 0.730 bits per heavy atom. The van der Waals surface area contributed by atoms with E-state index in [0.717, 1.165) is 0 Å². The normalized spacial score (nSPS) is 12.2. The summed E-state index contributed by atoms with van der Waals surface area (Å²) >= 11 is 0. The second-order valence-corrected chi connectivity index (χ2v) is 7.43. The average molecular weight is 529 g/mol. The van der Waals surface area contributed by atoms with Gasteiger partial charge in [-0.1, -0.05) is 78.9 Å². The zero-order valence-electron chi connectivity index (χ0n) is 20.3. The summed E-state index contributed by atoms with van der Waals surface area (Å²) in [5, 5.41) is 12.9. The number of hydrogen-bond acceptors (Lipinski definition) is 8. The first-order valence-corrected chi connectivity index (χ1v) is 10.9. The van der Waals surface area contributed by atoms with E-state index in [1.807, 2.05) is 0 Å². The third-order valence-electron chi connectivity index (χ3n) is 5.03. The number of aliphatic hydroxyl groups excluding tert-OH is 1. The van der Waals surface area contributed by atoms with Gasteiger partial charge in [-0.2, -0.15) is 0 Å². The Hall–Kier alpha value is -4.05. The number of ether oxygens (including phenoxy) is 2. The molecule has 1 amide bonds. The van der Waals surface area contributed by atoms with E-state index < -0.39 is 41.8 Å². The standard InChI is InChI=1S/C17H17NO4.C10H11NO3.ClH/c1-22-17(21)14(15(19)12-8-4-2-5-9-12)18-16(20)13-10-6-3-7-11-13;1-14-10(13)8(11)9(12)7-5-3-2-4-6-7;/h2-11,14-15,19H,1H3,(H,18,20);2-6,8H,11H2,1H3;1H/t14-,15-;;/m0../s1. The number of amides is 1. The molecule has 3 aromatic carbocycles. The molecule has 10 heteroatoms. The number of Topliss-reactive ketones (excluding diaryl/α,β-unsaturated/α-hetero) is 1. The lowest BCUT2D eigenvalue weighted by atomic mass is 10.0. The number of nitrogens with two attached hydrogens (primary N) is 1. The molecule has 0 fully saturated rings. The van der Waals surface area contributed by atoms with Crippen molar-refractivity contribution in [2.24, 2.45) is 5.73 Å². The number of esters is 2. The molecule has 3 rings (SSSR count). The van der Waals surface area contributed by atoms with Crippen molar-refractivity contribution in [1.29, 1.82) is 0 Å². The second-order valence-electron chi connectivity index (χ2n) is 7.43. The highest BCUT2D eigenvalue weighted by atomic mass is 35.5. The Labute approximate surface area is 221 Å². The lowest BCUT2D eigenvalue weighted by Crippen LogP contribution is -2.45. The van der Waals surface area contributed by atoms with Gasteiger partial charge in [-0.25, -0.2) is 9.59 Å². The molecular weight excluding hydrogens is 500 g/mol. The maximum absolute atomic E-state index is 12.2. The molecule has 0 aromatic heterocycles. The van der Waals surface area contributed by atoms with Gasteiger partial charge in [0.05, 0.1) is 14.2 Å². The SMILES string of the molecule is COC(=O)C(N)C(=O)c1ccccc1.COC(=O)[C@@H](NC(=O)c1ccccc1)[C@@H](O)c1ccccc1.Cl. The summed E-state index contributed by atoms with van der Waals surface area (Å²) in [6, 6.07) is 23.1. The highest BCUT2D eigenvalue weighted by molar-refractivity contribution is 6.11. The van der Waals surface area contributed by atoms with Crippen LogP contribution in [0.2, 0.25) is 0 Å². The molecule has 0 heterocycles. The highest BCUT2D eigenvalue weighted by Gasteiger charge is 2.30. The number of rotatable bonds is 8. The molecule has 0 bridgehead atoms. The van der Waals surface area contributed by atoms with Gasteiger partial charge in [-0.3, -0.25) is 9.59 Å². The number of nitrogens with one attached hydrogen (secondary N) is 1. The minimum absolute atomic E-state index is 0.